The van der Waals surface area contributed by atoms with Gasteiger partial charge in [0.1, 0.15) is 0 Å². The van der Waals surface area contributed by atoms with Crippen molar-refractivity contribution in [3.63, 3.8) is 0 Å². The van der Waals surface area contributed by atoms with Crippen LogP contribution in [0.4, 0.5) is 35.1 Å². The van der Waals surface area contributed by atoms with E-state index in [9.17, 15) is 35.1 Å². The molecule has 2 heterocycles. The number of rotatable bonds is 0. The summed E-state index contributed by atoms with van der Waals surface area (Å²) in [6.45, 7) is 0. The van der Waals surface area contributed by atoms with Crippen molar-refractivity contribution in [2.45, 2.75) is 0 Å². The first-order valence-electron chi connectivity index (χ1n) is 6.16. The van der Waals surface area contributed by atoms with Crippen molar-refractivity contribution in [3.05, 3.63) is 47.1 Å². The minimum Gasteiger partial charge on any atom is -0.203 e. The molecule has 0 aliphatic rings. The summed E-state index contributed by atoms with van der Waals surface area (Å²) in [6.07, 6.45) is 0. The molecule has 2 aromatic carbocycles. The lowest BCUT2D eigenvalue weighted by Gasteiger charge is -2.15. The summed E-state index contributed by atoms with van der Waals surface area (Å²) in [5, 5.41) is -7.56. The zero-order valence-corrected chi connectivity index (χ0v) is 10.9. The Bertz CT molecular complexity index is 1010. The molecule has 0 saturated heterocycles. The van der Waals surface area contributed by atoms with Crippen LogP contribution in [0.3, 0.4) is 0 Å². The lowest BCUT2D eigenvalue weighted by molar-refractivity contribution is 0.480. The van der Waals surface area contributed by atoms with Gasteiger partial charge in [-0.2, -0.15) is 27.5 Å². The monoisotopic (exact) mass is 348 g/mol. The van der Waals surface area contributed by atoms with Gasteiger partial charge in [-0.25, -0.2) is 17.6 Å². The highest BCUT2D eigenvalue weighted by atomic mass is 19.2. The summed E-state index contributed by atoms with van der Waals surface area (Å²) in [5.74, 6) is -15.6. The molecular weight excluding hydrogens is 348 g/mol. The maximum atomic E-state index is 14.1. The second kappa shape index (κ2) is 4.40. The number of benzene rings is 2. The van der Waals surface area contributed by atoms with Crippen LogP contribution in [-0.4, -0.2) is 9.97 Å². The Morgan fingerprint density at radius 3 is 0.750 bits per heavy atom. The highest BCUT2D eigenvalue weighted by molar-refractivity contribution is 6.23. The van der Waals surface area contributed by atoms with Gasteiger partial charge in [0.25, 0.3) is 0 Å². The Morgan fingerprint density at radius 1 is 0.333 bits per heavy atom. The van der Waals surface area contributed by atoms with E-state index in [-0.39, 0.29) is 0 Å². The fourth-order valence-electron chi connectivity index (χ4n) is 2.80. The SMILES string of the molecule is Fc1nc(F)c2c(F)c(F)c3c(F)nc(F)c4c(F)c(F)c1c2c43. The van der Waals surface area contributed by atoms with Gasteiger partial charge in [0.2, 0.25) is 23.8 Å². The smallest absolute Gasteiger partial charge is 0.203 e. The van der Waals surface area contributed by atoms with Gasteiger partial charge in [-0.05, 0) is 0 Å². The highest BCUT2D eigenvalue weighted by Crippen LogP contribution is 2.42. The van der Waals surface area contributed by atoms with Crippen molar-refractivity contribution < 1.29 is 35.1 Å². The zero-order chi connectivity index (χ0) is 17.5. The molecular formula is C14F8N2. The predicted molar refractivity (Wildman–Crippen MR) is 65.4 cm³/mol. The van der Waals surface area contributed by atoms with E-state index in [1.165, 1.54) is 0 Å². The summed E-state index contributed by atoms with van der Waals surface area (Å²) >= 11 is 0. The fraction of sp³-hybridized carbons (Fsp3) is 0. The molecule has 4 aromatic rings. The lowest BCUT2D eigenvalue weighted by Crippen LogP contribution is -2.07. The zero-order valence-electron chi connectivity index (χ0n) is 10.9. The Hall–Kier alpha value is -2.78. The first-order valence-corrected chi connectivity index (χ1v) is 6.16. The third kappa shape index (κ3) is 1.50. The average Bonchev–Trinajstić information content (AvgIpc) is 2.49. The summed E-state index contributed by atoms with van der Waals surface area (Å²) < 4.78 is 111. The molecule has 0 aliphatic carbocycles. The van der Waals surface area contributed by atoms with Gasteiger partial charge < -0.3 is 0 Å². The molecule has 10 heteroatoms. The van der Waals surface area contributed by atoms with Gasteiger partial charge in [0.05, 0.1) is 21.5 Å². The van der Waals surface area contributed by atoms with Crippen LogP contribution in [0.5, 0.6) is 0 Å². The second-order valence-corrected chi connectivity index (χ2v) is 4.89. The molecule has 2 aromatic heterocycles. The minimum absolute atomic E-state index is 1.07. The summed E-state index contributed by atoms with van der Waals surface area (Å²) in [5.41, 5.74) is 0. The Balaban J connectivity index is 2.60. The summed E-state index contributed by atoms with van der Waals surface area (Å²) in [7, 11) is 0. The van der Waals surface area contributed by atoms with Crippen molar-refractivity contribution in [3.8, 4) is 0 Å². The molecule has 2 nitrogen and oxygen atoms in total. The van der Waals surface area contributed by atoms with Gasteiger partial charge >= 0.3 is 0 Å². The van der Waals surface area contributed by atoms with Crippen molar-refractivity contribution in [1.29, 1.82) is 0 Å². The third-order valence-electron chi connectivity index (χ3n) is 3.73. The molecule has 0 saturated carbocycles. The maximum absolute atomic E-state index is 14.1. The molecule has 0 radical (unpaired) electrons. The van der Waals surface area contributed by atoms with Gasteiger partial charge in [0, 0.05) is 10.8 Å². The van der Waals surface area contributed by atoms with Gasteiger partial charge in [-0.15, -0.1) is 0 Å². The summed E-state index contributed by atoms with van der Waals surface area (Å²) in [6, 6.07) is 0. The molecule has 0 N–H and O–H groups in total. The Morgan fingerprint density at radius 2 is 0.542 bits per heavy atom. The molecule has 0 spiro atoms. The normalized spacial score (nSPS) is 12.2. The average molecular weight is 348 g/mol. The first-order chi connectivity index (χ1) is 11.3. The van der Waals surface area contributed by atoms with E-state index in [0.29, 0.717) is 0 Å². The Labute approximate surface area is 125 Å². The third-order valence-corrected chi connectivity index (χ3v) is 3.73. The van der Waals surface area contributed by atoms with Crippen LogP contribution >= 0.6 is 0 Å². The highest BCUT2D eigenvalue weighted by Gasteiger charge is 2.32. The van der Waals surface area contributed by atoms with Crippen LogP contribution in [-0.2, 0) is 0 Å². The van der Waals surface area contributed by atoms with Crippen LogP contribution in [0.15, 0.2) is 0 Å². The van der Waals surface area contributed by atoms with Crippen molar-refractivity contribution in [2.75, 3.05) is 0 Å². The molecule has 4 rings (SSSR count). The van der Waals surface area contributed by atoms with Crippen molar-refractivity contribution >= 4 is 32.3 Å². The van der Waals surface area contributed by atoms with Crippen molar-refractivity contribution in [1.82, 2.24) is 9.97 Å². The molecule has 0 aliphatic heterocycles. The molecule has 0 atom stereocenters. The number of hydrogen-bond acceptors (Lipinski definition) is 2. The van der Waals surface area contributed by atoms with E-state index >= 15 is 0 Å². The van der Waals surface area contributed by atoms with Crippen LogP contribution in [0.25, 0.3) is 32.3 Å². The van der Waals surface area contributed by atoms with Crippen molar-refractivity contribution in [2.24, 2.45) is 0 Å². The van der Waals surface area contributed by atoms with Crippen LogP contribution < -0.4 is 0 Å². The summed E-state index contributed by atoms with van der Waals surface area (Å²) in [4.78, 5) is 5.11. The van der Waals surface area contributed by atoms with Gasteiger partial charge in [-0.1, -0.05) is 0 Å². The van der Waals surface area contributed by atoms with E-state index in [2.05, 4.69) is 9.97 Å². The molecule has 0 fully saturated rings. The Kier molecular flexibility index (Phi) is 2.71. The number of pyridine rings is 2. The van der Waals surface area contributed by atoms with E-state index in [0.717, 1.165) is 0 Å². The predicted octanol–water partition coefficient (Wildman–Crippen LogP) is 4.49. The van der Waals surface area contributed by atoms with Gasteiger partial charge in [0.15, 0.2) is 23.3 Å². The minimum atomic E-state index is -2.02. The number of halogens is 8. The molecule has 24 heavy (non-hydrogen) atoms. The van der Waals surface area contributed by atoms with E-state index in [1.807, 2.05) is 0 Å². The number of nitrogens with zero attached hydrogens (tertiary/aromatic N) is 2. The van der Waals surface area contributed by atoms with E-state index < -0.39 is 79.4 Å². The van der Waals surface area contributed by atoms with Crippen LogP contribution in [0.2, 0.25) is 0 Å². The second-order valence-electron chi connectivity index (χ2n) is 4.89. The maximum Gasteiger partial charge on any atom is 0.226 e. The topological polar surface area (TPSA) is 25.8 Å². The first kappa shape index (κ1) is 14.8. The lowest BCUT2D eigenvalue weighted by atomic mass is 9.95. The van der Waals surface area contributed by atoms with Crippen LogP contribution in [0.1, 0.15) is 0 Å². The molecule has 0 bridgehead atoms. The molecule has 0 amide bonds. The van der Waals surface area contributed by atoms with E-state index in [1.54, 1.807) is 0 Å². The van der Waals surface area contributed by atoms with Gasteiger partial charge in [-0.3, -0.25) is 0 Å². The standard InChI is InChI=1S/C14F8N2/c15-7-3-1-2-5(9(7)17)13(21)24-14(22)6(2)10(18)8(16)4(1)12(20)23-11(3)19. The molecule has 0 unspecified atom stereocenters. The largest absolute Gasteiger partial charge is 0.226 e. The van der Waals surface area contributed by atoms with Crippen LogP contribution in [0, 0.1) is 47.1 Å². The quantitative estimate of drug-likeness (QED) is 0.266. The number of aromatic nitrogens is 2. The molecule has 122 valence electrons. The number of hydrogen-bond donors (Lipinski definition) is 0. The fourth-order valence-corrected chi connectivity index (χ4v) is 2.80. The van der Waals surface area contributed by atoms with E-state index in [4.69, 9.17) is 0 Å².